The maximum Gasteiger partial charge on any atom is 0.118 e. The second-order valence-electron chi connectivity index (χ2n) is 6.02. The van der Waals surface area contributed by atoms with Gasteiger partial charge < -0.3 is 9.64 Å². The van der Waals surface area contributed by atoms with Gasteiger partial charge in [-0.1, -0.05) is 25.0 Å². The van der Waals surface area contributed by atoms with Gasteiger partial charge in [0.05, 0.1) is 7.11 Å². The lowest BCUT2D eigenvalue weighted by molar-refractivity contribution is 0.241. The standard InChI is InChI=1S/C16H23NO/c1-17-11-14-5-3-4-10-16(14,12-17)13-6-8-15(18-2)9-7-13/h6-9,14H,3-5,10-12H2,1-2H3/t14-,16+/m1/s1. The van der Waals surface area contributed by atoms with Crippen molar-refractivity contribution in [2.75, 3.05) is 27.2 Å². The SMILES string of the molecule is COc1ccc([C@@]23CCCC[C@@H]2CN(C)C3)cc1. The molecule has 3 rings (SSSR count). The van der Waals surface area contributed by atoms with Crippen molar-refractivity contribution < 1.29 is 4.74 Å². The molecule has 0 N–H and O–H groups in total. The summed E-state index contributed by atoms with van der Waals surface area (Å²) < 4.78 is 5.28. The van der Waals surface area contributed by atoms with Gasteiger partial charge >= 0.3 is 0 Å². The molecule has 0 unspecified atom stereocenters. The van der Waals surface area contributed by atoms with Crippen molar-refractivity contribution in [3.05, 3.63) is 29.8 Å². The summed E-state index contributed by atoms with van der Waals surface area (Å²) in [5, 5.41) is 0. The highest BCUT2D eigenvalue weighted by atomic mass is 16.5. The molecule has 98 valence electrons. The normalized spacial score (nSPS) is 32.2. The fraction of sp³-hybridized carbons (Fsp3) is 0.625. The quantitative estimate of drug-likeness (QED) is 0.794. The molecule has 1 saturated heterocycles. The minimum absolute atomic E-state index is 0.416. The second-order valence-corrected chi connectivity index (χ2v) is 6.02. The average molecular weight is 245 g/mol. The summed E-state index contributed by atoms with van der Waals surface area (Å²) >= 11 is 0. The van der Waals surface area contributed by atoms with Crippen LogP contribution >= 0.6 is 0 Å². The number of likely N-dealkylation sites (N-methyl/N-ethyl adjacent to an activating group) is 1. The lowest BCUT2D eigenvalue weighted by Gasteiger charge is -2.39. The number of fused-ring (bicyclic) bond motifs is 1. The first-order valence-electron chi connectivity index (χ1n) is 7.08. The van der Waals surface area contributed by atoms with E-state index in [1.54, 1.807) is 7.11 Å². The lowest BCUT2D eigenvalue weighted by atomic mass is 9.64. The zero-order chi connectivity index (χ0) is 12.6. The van der Waals surface area contributed by atoms with E-state index in [2.05, 4.69) is 36.2 Å². The molecule has 0 radical (unpaired) electrons. The Bertz CT molecular complexity index is 414. The van der Waals surface area contributed by atoms with Crippen LogP contribution in [0, 0.1) is 5.92 Å². The van der Waals surface area contributed by atoms with Crippen LogP contribution in [0.15, 0.2) is 24.3 Å². The molecule has 2 aliphatic rings. The molecule has 0 bridgehead atoms. The van der Waals surface area contributed by atoms with E-state index in [0.29, 0.717) is 5.41 Å². The van der Waals surface area contributed by atoms with E-state index in [1.807, 2.05) is 0 Å². The third kappa shape index (κ3) is 1.83. The largest absolute Gasteiger partial charge is 0.497 e. The Hall–Kier alpha value is -1.02. The van der Waals surface area contributed by atoms with Crippen molar-refractivity contribution in [1.29, 1.82) is 0 Å². The molecule has 18 heavy (non-hydrogen) atoms. The Balaban J connectivity index is 1.95. The van der Waals surface area contributed by atoms with Crippen LogP contribution in [0.5, 0.6) is 5.75 Å². The van der Waals surface area contributed by atoms with Crippen LogP contribution < -0.4 is 4.74 Å². The van der Waals surface area contributed by atoms with Crippen molar-refractivity contribution in [3.8, 4) is 5.75 Å². The second kappa shape index (κ2) is 4.58. The first-order chi connectivity index (χ1) is 8.74. The summed E-state index contributed by atoms with van der Waals surface area (Å²) in [7, 11) is 4.00. The number of ether oxygens (including phenoxy) is 1. The topological polar surface area (TPSA) is 12.5 Å². The summed E-state index contributed by atoms with van der Waals surface area (Å²) in [6, 6.07) is 8.81. The van der Waals surface area contributed by atoms with E-state index < -0.39 is 0 Å². The Morgan fingerprint density at radius 3 is 2.72 bits per heavy atom. The molecule has 2 fully saturated rings. The number of rotatable bonds is 2. The summed E-state index contributed by atoms with van der Waals surface area (Å²) in [6.45, 7) is 2.50. The predicted octanol–water partition coefficient (Wildman–Crippen LogP) is 3.07. The van der Waals surface area contributed by atoms with Crippen molar-refractivity contribution in [2.45, 2.75) is 31.1 Å². The van der Waals surface area contributed by atoms with Gasteiger partial charge in [0, 0.05) is 18.5 Å². The number of hydrogen-bond acceptors (Lipinski definition) is 2. The van der Waals surface area contributed by atoms with E-state index in [4.69, 9.17) is 4.74 Å². The molecule has 1 saturated carbocycles. The van der Waals surface area contributed by atoms with E-state index >= 15 is 0 Å². The summed E-state index contributed by atoms with van der Waals surface area (Å²) in [6.07, 6.45) is 5.55. The fourth-order valence-corrected chi connectivity index (χ4v) is 4.10. The minimum Gasteiger partial charge on any atom is -0.497 e. The molecule has 1 aromatic carbocycles. The summed E-state index contributed by atoms with van der Waals surface area (Å²) in [5.41, 5.74) is 1.94. The van der Waals surface area contributed by atoms with Gasteiger partial charge in [0.1, 0.15) is 5.75 Å². The Morgan fingerprint density at radius 2 is 2.00 bits per heavy atom. The highest BCUT2D eigenvalue weighted by Gasteiger charge is 2.47. The van der Waals surface area contributed by atoms with Crippen molar-refractivity contribution in [1.82, 2.24) is 4.90 Å². The molecule has 2 atom stereocenters. The van der Waals surface area contributed by atoms with E-state index in [0.717, 1.165) is 11.7 Å². The molecule has 1 aliphatic carbocycles. The van der Waals surface area contributed by atoms with Gasteiger partial charge in [0.2, 0.25) is 0 Å². The monoisotopic (exact) mass is 245 g/mol. The third-order valence-electron chi connectivity index (χ3n) is 4.96. The highest BCUT2D eigenvalue weighted by molar-refractivity contribution is 5.35. The maximum atomic E-state index is 5.28. The number of likely N-dealkylation sites (tertiary alicyclic amines) is 1. The zero-order valence-corrected chi connectivity index (χ0v) is 11.5. The first kappa shape index (κ1) is 12.0. The third-order valence-corrected chi connectivity index (χ3v) is 4.96. The van der Waals surface area contributed by atoms with Crippen LogP contribution in [0.1, 0.15) is 31.2 Å². The van der Waals surface area contributed by atoms with Gasteiger partial charge in [0.15, 0.2) is 0 Å². The maximum absolute atomic E-state index is 5.28. The van der Waals surface area contributed by atoms with Gasteiger partial charge in [-0.05, 0) is 43.5 Å². The van der Waals surface area contributed by atoms with Gasteiger partial charge in [-0.3, -0.25) is 0 Å². The Labute approximate surface area is 110 Å². The van der Waals surface area contributed by atoms with Crippen LogP contribution in [-0.2, 0) is 5.41 Å². The molecule has 1 aliphatic heterocycles. The smallest absolute Gasteiger partial charge is 0.118 e. The van der Waals surface area contributed by atoms with E-state index in [-0.39, 0.29) is 0 Å². The predicted molar refractivity (Wildman–Crippen MR) is 74.1 cm³/mol. The van der Waals surface area contributed by atoms with Crippen LogP contribution in [0.4, 0.5) is 0 Å². The Kier molecular flexibility index (Phi) is 3.06. The Morgan fingerprint density at radius 1 is 1.22 bits per heavy atom. The average Bonchev–Trinajstić information content (AvgIpc) is 2.76. The first-order valence-corrected chi connectivity index (χ1v) is 7.08. The van der Waals surface area contributed by atoms with Crippen LogP contribution in [0.3, 0.4) is 0 Å². The number of nitrogens with zero attached hydrogens (tertiary/aromatic N) is 1. The number of hydrogen-bond donors (Lipinski definition) is 0. The number of methoxy groups -OCH3 is 1. The fourth-order valence-electron chi connectivity index (χ4n) is 4.10. The van der Waals surface area contributed by atoms with Crippen molar-refractivity contribution in [2.24, 2.45) is 5.92 Å². The van der Waals surface area contributed by atoms with Gasteiger partial charge in [-0.2, -0.15) is 0 Å². The zero-order valence-electron chi connectivity index (χ0n) is 11.5. The van der Waals surface area contributed by atoms with Crippen molar-refractivity contribution >= 4 is 0 Å². The van der Waals surface area contributed by atoms with Crippen molar-refractivity contribution in [3.63, 3.8) is 0 Å². The molecule has 1 aromatic rings. The van der Waals surface area contributed by atoms with Gasteiger partial charge in [-0.25, -0.2) is 0 Å². The minimum atomic E-state index is 0.416. The van der Waals surface area contributed by atoms with Crippen LogP contribution in [0.2, 0.25) is 0 Å². The van der Waals surface area contributed by atoms with Crippen LogP contribution in [0.25, 0.3) is 0 Å². The van der Waals surface area contributed by atoms with E-state index in [1.165, 1.54) is 44.3 Å². The lowest BCUT2D eigenvalue weighted by Crippen LogP contribution is -2.37. The highest BCUT2D eigenvalue weighted by Crippen LogP contribution is 2.48. The van der Waals surface area contributed by atoms with E-state index in [9.17, 15) is 0 Å². The summed E-state index contributed by atoms with van der Waals surface area (Å²) in [5.74, 6) is 1.82. The van der Waals surface area contributed by atoms with Gasteiger partial charge in [0.25, 0.3) is 0 Å². The molecular weight excluding hydrogens is 222 g/mol. The van der Waals surface area contributed by atoms with Gasteiger partial charge in [-0.15, -0.1) is 0 Å². The number of benzene rings is 1. The molecule has 2 nitrogen and oxygen atoms in total. The molecule has 2 heteroatoms. The molecule has 0 aromatic heterocycles. The summed E-state index contributed by atoms with van der Waals surface area (Å²) in [4.78, 5) is 2.51. The molecule has 0 amide bonds. The van der Waals surface area contributed by atoms with Crippen LogP contribution in [-0.4, -0.2) is 32.1 Å². The molecular formula is C16H23NO. The molecule has 0 spiro atoms. The molecule has 1 heterocycles.